The number of thiazole rings is 1. The van der Waals surface area contributed by atoms with E-state index in [9.17, 15) is 24.8 Å². The maximum Gasteiger partial charge on any atom is 0.251 e. The first kappa shape index (κ1) is 48.9. The third-order valence-corrected chi connectivity index (χ3v) is 15.5. The molecule has 3 atom stereocenters. The van der Waals surface area contributed by atoms with E-state index in [0.29, 0.717) is 47.3 Å². The van der Waals surface area contributed by atoms with E-state index in [1.54, 1.807) is 46.6 Å². The lowest BCUT2D eigenvalue weighted by Crippen LogP contribution is -2.74. The number of aromatic nitrogens is 1. The Labute approximate surface area is 408 Å². The Morgan fingerprint density at radius 2 is 1.63 bits per heavy atom. The molecule has 0 unspecified atom stereocenters. The number of halogens is 1. The van der Waals surface area contributed by atoms with Crippen molar-refractivity contribution in [3.05, 3.63) is 111 Å². The van der Waals surface area contributed by atoms with Crippen LogP contribution in [0, 0.1) is 34.5 Å². The average Bonchev–Trinajstić information content (AvgIpc) is 4.02. The number of β-amino-alcohol motifs (C(OH)–C–C–N with tert-alkyl or cyclic N) is 1. The first-order valence-corrected chi connectivity index (χ1v) is 24.7. The zero-order valence-electron chi connectivity index (χ0n) is 40.0. The van der Waals surface area contributed by atoms with Gasteiger partial charge in [-0.05, 0) is 54.4 Å². The van der Waals surface area contributed by atoms with Gasteiger partial charge in [-0.1, -0.05) is 83.5 Å². The van der Waals surface area contributed by atoms with Crippen LogP contribution in [0.3, 0.4) is 0 Å². The first-order valence-electron chi connectivity index (χ1n) is 23.4. The third-order valence-electron chi connectivity index (χ3n) is 14.2. The van der Waals surface area contributed by atoms with Gasteiger partial charge < -0.3 is 35.4 Å². The molecule has 0 spiro atoms. The lowest BCUT2D eigenvalue weighted by molar-refractivity contribution is -0.164. The molecular weight excluding hydrogens is 900 g/mol. The van der Waals surface area contributed by atoms with Crippen molar-refractivity contribution in [3.63, 3.8) is 0 Å². The number of likely N-dealkylation sites (tertiary alicyclic amines) is 1. The summed E-state index contributed by atoms with van der Waals surface area (Å²) in [5.41, 5.74) is 5.55. The second kappa shape index (κ2) is 19.8. The summed E-state index contributed by atoms with van der Waals surface area (Å²) < 4.78 is 12.5. The Balaban J connectivity index is 0.749. The molecule has 1 aliphatic carbocycles. The number of nitrogens with zero attached hydrogens (tertiary/aromatic N) is 5. The number of amides is 3. The Bertz CT molecular complexity index is 2550. The molecule has 4 N–H and O–H groups in total. The van der Waals surface area contributed by atoms with E-state index in [1.165, 1.54) is 0 Å². The summed E-state index contributed by atoms with van der Waals surface area (Å²) in [6.45, 7) is 20.3. The molecule has 360 valence electrons. The number of carbonyl (C=O) groups is 3. The molecule has 3 fully saturated rings. The molecule has 8 rings (SSSR count). The number of carbonyl (C=O) groups excluding carboxylic acids is 3. The van der Waals surface area contributed by atoms with Gasteiger partial charge in [0.1, 0.15) is 42.4 Å². The molecule has 0 bridgehead atoms. The van der Waals surface area contributed by atoms with Gasteiger partial charge in [-0.15, -0.1) is 11.3 Å². The minimum atomic E-state index is -0.770. The Morgan fingerprint density at radius 1 is 0.956 bits per heavy atom. The number of piperazine rings is 1. The second-order valence-electron chi connectivity index (χ2n) is 20.4. The summed E-state index contributed by atoms with van der Waals surface area (Å²) in [7, 11) is 0. The van der Waals surface area contributed by atoms with Gasteiger partial charge >= 0.3 is 0 Å². The van der Waals surface area contributed by atoms with Gasteiger partial charge in [0.15, 0.2) is 0 Å². The highest BCUT2D eigenvalue weighted by Gasteiger charge is 2.64. The van der Waals surface area contributed by atoms with Crippen LogP contribution in [-0.2, 0) is 16.1 Å². The molecule has 3 amide bonds. The lowest BCUT2D eigenvalue weighted by Gasteiger charge is -2.63. The van der Waals surface area contributed by atoms with Gasteiger partial charge in [0, 0.05) is 98.4 Å². The summed E-state index contributed by atoms with van der Waals surface area (Å²) in [6, 6.07) is 21.0. The Hall–Kier alpha value is -5.50. The Kier molecular flexibility index (Phi) is 14.3. The number of benzene rings is 3. The summed E-state index contributed by atoms with van der Waals surface area (Å²) in [6.07, 6.45) is 1.37. The van der Waals surface area contributed by atoms with Gasteiger partial charge in [0.2, 0.25) is 11.8 Å². The fourth-order valence-electron chi connectivity index (χ4n) is 10.8. The minimum absolute atomic E-state index is 0.119. The zero-order chi connectivity index (χ0) is 48.5. The number of aryl methyl sites for hydroxylation is 1. The summed E-state index contributed by atoms with van der Waals surface area (Å²) in [4.78, 5) is 52.9. The Morgan fingerprint density at radius 3 is 2.28 bits per heavy atom. The minimum Gasteiger partial charge on any atom is -0.492 e. The van der Waals surface area contributed by atoms with Crippen LogP contribution >= 0.6 is 22.9 Å². The highest BCUT2D eigenvalue weighted by atomic mass is 35.5. The van der Waals surface area contributed by atoms with Crippen molar-refractivity contribution in [2.24, 2.45) is 16.2 Å². The van der Waals surface area contributed by atoms with E-state index in [0.717, 1.165) is 60.1 Å². The van der Waals surface area contributed by atoms with E-state index in [1.807, 2.05) is 62.7 Å². The number of aliphatic hydroxyl groups is 1. The average molecular weight is 964 g/mol. The molecule has 16 heteroatoms. The first-order chi connectivity index (χ1) is 32.3. The zero-order valence-corrected chi connectivity index (χ0v) is 41.5. The largest absolute Gasteiger partial charge is 0.492 e. The molecule has 68 heavy (non-hydrogen) atoms. The normalized spacial score (nSPS) is 24.0. The van der Waals surface area contributed by atoms with Crippen LogP contribution in [0.5, 0.6) is 11.5 Å². The number of ether oxygens (including phenoxy) is 2. The summed E-state index contributed by atoms with van der Waals surface area (Å²) in [5.74, 6) is 0.678. The third kappa shape index (κ3) is 10.4. The predicted molar refractivity (Wildman–Crippen MR) is 263 cm³/mol. The summed E-state index contributed by atoms with van der Waals surface area (Å²) in [5, 5.41) is 30.0. The van der Waals surface area contributed by atoms with Crippen molar-refractivity contribution in [3.8, 4) is 28.0 Å². The van der Waals surface area contributed by atoms with Crippen LogP contribution in [0.2, 0.25) is 5.02 Å². The van der Waals surface area contributed by atoms with Crippen LogP contribution < -0.4 is 25.4 Å². The lowest BCUT2D eigenvalue weighted by atomic mass is 9.49. The molecule has 0 radical (unpaired) electrons. The topological polar surface area (TPSA) is 172 Å². The number of hydrogen-bond acceptors (Lipinski definition) is 12. The number of rotatable bonds is 15. The SMILES string of the molecule is Cc1ncsc1-c1ccc(CNC(=O)[C@@H]2C[C@@H](O)CN2C(=O)[C@H]2NC(CN3CCN(CCOc4ccc(C(=O)N[C@H]5C(C)(C)[C@H](Oc6ccc(C#N)c(Cl)c6)C5(C)C)cc4)CC3)=CC2(C)C)cc1. The molecule has 4 heterocycles. The molecule has 3 aliphatic heterocycles. The van der Waals surface area contributed by atoms with Crippen LogP contribution in [0.15, 0.2) is 84.0 Å². The van der Waals surface area contributed by atoms with Crippen molar-refractivity contribution >= 4 is 40.7 Å². The molecule has 1 saturated carbocycles. The maximum absolute atomic E-state index is 14.2. The van der Waals surface area contributed by atoms with Crippen molar-refractivity contribution in [1.82, 2.24) is 35.6 Å². The molecule has 1 aromatic heterocycles. The van der Waals surface area contributed by atoms with Gasteiger partial charge in [-0.3, -0.25) is 24.2 Å². The van der Waals surface area contributed by atoms with Crippen molar-refractivity contribution < 1.29 is 29.0 Å². The standard InChI is InChI=1S/C52H63ClN8O6S/c1-32-43(68-31-56-32)34-10-8-33(9-11-34)28-55-46(64)42-24-38(62)30-61(42)47(65)44-50(2,3)26-37(57-44)29-60-20-18-59(19-21-60)22-23-66-39-15-12-35(13-16-39)45(63)58-48-51(4,5)49(52(48,6)7)67-40-17-14-36(27-54)41(53)25-40/h8-17,25-26,31,38,42,44,48-49,57,62H,18-24,28-30H2,1-7H3,(H,55,64)(H,58,63)/t38-,42+,44-,48-,49-/m1/s1. The van der Waals surface area contributed by atoms with E-state index in [4.69, 9.17) is 21.1 Å². The van der Waals surface area contributed by atoms with Gasteiger partial charge in [-0.2, -0.15) is 5.26 Å². The van der Waals surface area contributed by atoms with E-state index in [-0.39, 0.29) is 53.7 Å². The van der Waals surface area contributed by atoms with Gasteiger partial charge in [-0.25, -0.2) is 4.98 Å². The van der Waals surface area contributed by atoms with E-state index in [2.05, 4.69) is 70.6 Å². The predicted octanol–water partition coefficient (Wildman–Crippen LogP) is 6.41. The molecule has 2 saturated heterocycles. The quantitative estimate of drug-likeness (QED) is 0.104. The van der Waals surface area contributed by atoms with E-state index < -0.39 is 23.6 Å². The molecule has 4 aromatic rings. The highest BCUT2D eigenvalue weighted by Crippen LogP contribution is 2.55. The highest BCUT2D eigenvalue weighted by molar-refractivity contribution is 7.13. The molecule has 14 nitrogen and oxygen atoms in total. The van der Waals surface area contributed by atoms with Crippen molar-refractivity contribution in [2.45, 2.75) is 91.8 Å². The van der Waals surface area contributed by atoms with E-state index >= 15 is 0 Å². The van der Waals surface area contributed by atoms with Gasteiger partial charge in [0.05, 0.1) is 32.8 Å². The smallest absolute Gasteiger partial charge is 0.251 e. The van der Waals surface area contributed by atoms with Crippen LogP contribution in [-0.4, -0.2) is 125 Å². The summed E-state index contributed by atoms with van der Waals surface area (Å²) >= 11 is 7.85. The fourth-order valence-corrected chi connectivity index (χ4v) is 11.8. The second-order valence-corrected chi connectivity index (χ2v) is 21.7. The van der Waals surface area contributed by atoms with Crippen LogP contribution in [0.4, 0.5) is 0 Å². The fraction of sp³-hybridized carbons (Fsp3) is 0.481. The van der Waals surface area contributed by atoms with Crippen molar-refractivity contribution in [2.75, 3.05) is 52.4 Å². The van der Waals surface area contributed by atoms with Crippen LogP contribution in [0.25, 0.3) is 10.4 Å². The van der Waals surface area contributed by atoms with Gasteiger partial charge in [0.25, 0.3) is 5.91 Å². The maximum atomic E-state index is 14.2. The van der Waals surface area contributed by atoms with Crippen LogP contribution in [0.1, 0.15) is 75.1 Å². The number of hydrogen-bond donors (Lipinski definition) is 4. The number of aliphatic hydroxyl groups excluding tert-OH is 1. The number of nitriles is 1. The molecular formula is C52H63ClN8O6S. The number of nitrogens with one attached hydrogen (secondary N) is 3. The molecule has 3 aromatic carbocycles. The monoisotopic (exact) mass is 962 g/mol. The molecule has 4 aliphatic rings. The van der Waals surface area contributed by atoms with Crippen molar-refractivity contribution in [1.29, 1.82) is 5.26 Å².